The molecule has 0 aliphatic carbocycles. The molecule has 0 amide bonds. The molecule has 3 nitrogen and oxygen atoms in total. The summed E-state index contributed by atoms with van der Waals surface area (Å²) in [5, 5.41) is 0. The number of hydrogen-bond donors (Lipinski definition) is 1. The van der Waals surface area contributed by atoms with E-state index in [1.807, 2.05) is 13.8 Å². The van der Waals surface area contributed by atoms with E-state index in [1.54, 1.807) is 6.92 Å². The van der Waals surface area contributed by atoms with E-state index >= 15 is 0 Å². The van der Waals surface area contributed by atoms with E-state index in [1.165, 1.54) is 11.1 Å². The summed E-state index contributed by atoms with van der Waals surface area (Å²) in [6, 6.07) is 8.69. The quantitative estimate of drug-likeness (QED) is 0.656. The molecule has 1 unspecified atom stereocenters. The number of nitrogen functional groups attached to an aromatic ring is 1. The van der Waals surface area contributed by atoms with E-state index < -0.39 is 0 Å². The van der Waals surface area contributed by atoms with Crippen molar-refractivity contribution in [2.45, 2.75) is 46.5 Å². The lowest BCUT2D eigenvalue weighted by molar-refractivity contribution is 0.101. The van der Waals surface area contributed by atoms with Gasteiger partial charge in [-0.25, -0.2) is 0 Å². The molecular weight excluding hydrogens is 298 g/mol. The molecule has 0 spiro atoms. The molecule has 3 rings (SSSR count). The monoisotopic (exact) mass is 323 g/mol. The van der Waals surface area contributed by atoms with Crippen molar-refractivity contribution in [3.05, 3.63) is 57.6 Å². The zero-order valence-corrected chi connectivity index (χ0v) is 15.1. The summed E-state index contributed by atoms with van der Waals surface area (Å²) >= 11 is 0. The Labute approximate surface area is 143 Å². The van der Waals surface area contributed by atoms with Crippen molar-refractivity contribution in [2.75, 3.05) is 12.3 Å². The largest absolute Gasteiger partial charge is 0.491 e. The molecule has 1 atom stereocenters. The molecule has 1 aliphatic heterocycles. The minimum absolute atomic E-state index is 0.00579. The van der Waals surface area contributed by atoms with Crippen LogP contribution in [-0.4, -0.2) is 12.4 Å². The molecule has 0 bridgehead atoms. The van der Waals surface area contributed by atoms with Gasteiger partial charge in [0.05, 0.1) is 12.2 Å². The van der Waals surface area contributed by atoms with Gasteiger partial charge in [-0.15, -0.1) is 0 Å². The summed E-state index contributed by atoms with van der Waals surface area (Å²) < 4.78 is 5.98. The van der Waals surface area contributed by atoms with Crippen LogP contribution in [0.1, 0.15) is 70.8 Å². The summed E-state index contributed by atoms with van der Waals surface area (Å²) in [5.74, 6) is 1.37. The van der Waals surface area contributed by atoms with Gasteiger partial charge in [-0.3, -0.25) is 4.79 Å². The summed E-state index contributed by atoms with van der Waals surface area (Å²) in [4.78, 5) is 12.1. The number of hydrogen-bond acceptors (Lipinski definition) is 3. The van der Waals surface area contributed by atoms with Gasteiger partial charge < -0.3 is 10.5 Å². The van der Waals surface area contributed by atoms with Crippen LogP contribution in [0.3, 0.4) is 0 Å². The molecule has 126 valence electrons. The van der Waals surface area contributed by atoms with Gasteiger partial charge in [-0.1, -0.05) is 38.1 Å². The highest BCUT2D eigenvalue weighted by molar-refractivity contribution is 6.01. The van der Waals surface area contributed by atoms with Crippen molar-refractivity contribution in [2.24, 2.45) is 0 Å². The van der Waals surface area contributed by atoms with E-state index in [-0.39, 0.29) is 11.7 Å². The zero-order chi connectivity index (χ0) is 17.6. The third-order valence-corrected chi connectivity index (χ3v) is 5.16. The maximum Gasteiger partial charge on any atom is 0.163 e. The molecule has 1 heterocycles. The highest BCUT2D eigenvalue weighted by Gasteiger charge is 2.33. The van der Waals surface area contributed by atoms with Gasteiger partial charge in [0.25, 0.3) is 0 Å². The van der Waals surface area contributed by atoms with Gasteiger partial charge in [0.15, 0.2) is 5.78 Å². The Morgan fingerprint density at radius 3 is 2.33 bits per heavy atom. The van der Waals surface area contributed by atoms with Crippen molar-refractivity contribution >= 4 is 11.5 Å². The summed E-state index contributed by atoms with van der Waals surface area (Å²) in [7, 11) is 0. The average molecular weight is 323 g/mol. The Morgan fingerprint density at radius 1 is 1.17 bits per heavy atom. The molecule has 24 heavy (non-hydrogen) atoms. The number of carbonyl (C=O) groups is 1. The molecule has 2 aromatic rings. The lowest BCUT2D eigenvalue weighted by Gasteiger charge is -2.18. The molecule has 2 aromatic carbocycles. The number of nitrogens with two attached hydrogens (primary N) is 1. The molecule has 3 heteroatoms. The van der Waals surface area contributed by atoms with Crippen molar-refractivity contribution in [3.63, 3.8) is 0 Å². The summed E-state index contributed by atoms with van der Waals surface area (Å²) in [5.41, 5.74) is 13.1. The van der Waals surface area contributed by atoms with Gasteiger partial charge in [0.2, 0.25) is 0 Å². The second-order valence-electron chi connectivity index (χ2n) is 7.02. The molecule has 0 fully saturated rings. The van der Waals surface area contributed by atoms with Crippen LogP contribution in [0.5, 0.6) is 5.75 Å². The Balaban J connectivity index is 2.14. The number of benzene rings is 2. The molecule has 0 aromatic heterocycles. The van der Waals surface area contributed by atoms with Crippen LogP contribution < -0.4 is 10.5 Å². The van der Waals surface area contributed by atoms with Crippen molar-refractivity contribution in [3.8, 4) is 5.75 Å². The Kier molecular flexibility index (Phi) is 4.12. The number of Topliss-reactive ketones (excluding diaryl/α,β-unsaturated/α-hetero) is 1. The number of anilines is 1. The van der Waals surface area contributed by atoms with Crippen LogP contribution in [0.2, 0.25) is 0 Å². The standard InChI is InChI=1S/C21H25NO2/c1-11(2)15-6-8-16(9-7-15)17-10-24-21-18(14(5)23)12(3)20(22)13(4)19(17)21/h6-9,11,17H,10,22H2,1-5H3. The second kappa shape index (κ2) is 5.97. The van der Waals surface area contributed by atoms with Crippen LogP contribution in [0.4, 0.5) is 5.69 Å². The Morgan fingerprint density at radius 2 is 1.79 bits per heavy atom. The minimum Gasteiger partial charge on any atom is -0.491 e. The van der Waals surface area contributed by atoms with E-state index in [0.29, 0.717) is 23.8 Å². The van der Waals surface area contributed by atoms with Crippen LogP contribution in [0.25, 0.3) is 0 Å². The first-order chi connectivity index (χ1) is 11.3. The van der Waals surface area contributed by atoms with Gasteiger partial charge >= 0.3 is 0 Å². The smallest absolute Gasteiger partial charge is 0.163 e. The maximum atomic E-state index is 12.1. The maximum absolute atomic E-state index is 12.1. The Bertz CT molecular complexity index is 804. The molecule has 2 N–H and O–H groups in total. The average Bonchev–Trinajstić information content (AvgIpc) is 2.97. The predicted octanol–water partition coefficient (Wildman–Crippen LogP) is 4.74. The lowest BCUT2D eigenvalue weighted by atomic mass is 9.85. The van der Waals surface area contributed by atoms with Gasteiger partial charge in [-0.05, 0) is 48.9 Å². The fraction of sp³-hybridized carbons (Fsp3) is 0.381. The van der Waals surface area contributed by atoms with Gasteiger partial charge in [0, 0.05) is 17.2 Å². The predicted molar refractivity (Wildman–Crippen MR) is 98.2 cm³/mol. The molecule has 0 saturated carbocycles. The molecule has 0 saturated heterocycles. The third-order valence-electron chi connectivity index (χ3n) is 5.16. The SMILES string of the molecule is CC(=O)c1c(C)c(N)c(C)c2c1OCC2c1ccc(C(C)C)cc1. The van der Waals surface area contributed by atoms with Crippen LogP contribution >= 0.6 is 0 Å². The second-order valence-corrected chi connectivity index (χ2v) is 7.02. The molecule has 1 aliphatic rings. The number of ether oxygens (including phenoxy) is 1. The van der Waals surface area contributed by atoms with Crippen LogP contribution in [0, 0.1) is 13.8 Å². The number of carbonyl (C=O) groups excluding carboxylic acids is 1. The zero-order valence-electron chi connectivity index (χ0n) is 15.1. The third kappa shape index (κ3) is 2.48. The normalized spacial score (nSPS) is 16.2. The van der Waals surface area contributed by atoms with E-state index in [9.17, 15) is 4.79 Å². The van der Waals surface area contributed by atoms with Crippen molar-refractivity contribution in [1.29, 1.82) is 0 Å². The van der Waals surface area contributed by atoms with Crippen LogP contribution in [-0.2, 0) is 0 Å². The first-order valence-electron chi connectivity index (χ1n) is 8.49. The first kappa shape index (κ1) is 16.6. The number of ketones is 1. The van der Waals surface area contributed by atoms with Crippen LogP contribution in [0.15, 0.2) is 24.3 Å². The Hall–Kier alpha value is -2.29. The van der Waals surface area contributed by atoms with E-state index in [0.717, 1.165) is 22.4 Å². The highest BCUT2D eigenvalue weighted by Crippen LogP contribution is 2.46. The molecular formula is C21H25NO2. The topological polar surface area (TPSA) is 52.3 Å². The number of fused-ring (bicyclic) bond motifs is 1. The fourth-order valence-electron chi connectivity index (χ4n) is 3.66. The van der Waals surface area contributed by atoms with E-state index in [2.05, 4.69) is 38.1 Å². The minimum atomic E-state index is 0.00579. The first-order valence-corrected chi connectivity index (χ1v) is 8.49. The lowest BCUT2D eigenvalue weighted by Crippen LogP contribution is -2.08. The highest BCUT2D eigenvalue weighted by atomic mass is 16.5. The summed E-state index contributed by atoms with van der Waals surface area (Å²) in [6.45, 7) is 10.4. The van der Waals surface area contributed by atoms with Crippen molar-refractivity contribution in [1.82, 2.24) is 0 Å². The van der Waals surface area contributed by atoms with Gasteiger partial charge in [0.1, 0.15) is 5.75 Å². The van der Waals surface area contributed by atoms with Crippen molar-refractivity contribution < 1.29 is 9.53 Å². The number of rotatable bonds is 3. The fourth-order valence-corrected chi connectivity index (χ4v) is 3.66. The van der Waals surface area contributed by atoms with E-state index in [4.69, 9.17) is 10.5 Å². The van der Waals surface area contributed by atoms with Gasteiger partial charge in [-0.2, -0.15) is 0 Å². The molecule has 0 radical (unpaired) electrons. The summed E-state index contributed by atoms with van der Waals surface area (Å²) in [6.07, 6.45) is 0.